The van der Waals surface area contributed by atoms with Crippen LogP contribution in [0.2, 0.25) is 5.02 Å². The second kappa shape index (κ2) is 6.95. The van der Waals surface area contributed by atoms with Gasteiger partial charge in [0.15, 0.2) is 5.82 Å². The largest absolute Gasteiger partial charge is 0.328 e. The molecule has 1 saturated heterocycles. The predicted octanol–water partition coefficient (Wildman–Crippen LogP) is 2.44. The van der Waals surface area contributed by atoms with Crippen LogP contribution in [0.25, 0.3) is 5.52 Å². The Morgan fingerprint density at radius 2 is 2.04 bits per heavy atom. The van der Waals surface area contributed by atoms with Crippen molar-refractivity contribution < 1.29 is 0 Å². The molecule has 0 bridgehead atoms. The van der Waals surface area contributed by atoms with Crippen molar-refractivity contribution in [3.05, 3.63) is 47.5 Å². The van der Waals surface area contributed by atoms with Gasteiger partial charge in [0.05, 0.1) is 5.02 Å². The Morgan fingerprint density at radius 1 is 1.20 bits per heavy atom. The van der Waals surface area contributed by atoms with Crippen molar-refractivity contribution in [2.45, 2.75) is 25.4 Å². The first-order valence-electron chi connectivity index (χ1n) is 8.37. The molecule has 0 atom stereocenters. The van der Waals surface area contributed by atoms with Crippen LogP contribution in [0, 0.1) is 0 Å². The molecule has 1 aliphatic heterocycles. The van der Waals surface area contributed by atoms with Crippen LogP contribution in [-0.2, 0) is 6.54 Å². The van der Waals surface area contributed by atoms with E-state index in [-0.39, 0.29) is 0 Å². The topological polar surface area (TPSA) is 84.4 Å². The Morgan fingerprint density at radius 3 is 2.80 bits per heavy atom. The Hall–Kier alpha value is -2.22. The van der Waals surface area contributed by atoms with Gasteiger partial charge in [-0.2, -0.15) is 5.10 Å². The average molecular weight is 358 g/mol. The third kappa shape index (κ3) is 3.58. The molecule has 0 aliphatic carbocycles. The number of fused-ring (bicyclic) bond motifs is 1. The van der Waals surface area contributed by atoms with Crippen LogP contribution < -0.4 is 11.1 Å². The van der Waals surface area contributed by atoms with Gasteiger partial charge in [0.2, 0.25) is 0 Å². The Bertz CT molecular complexity index is 853. The molecule has 1 aliphatic rings. The number of nitrogens with zero attached hydrogens (tertiary/aromatic N) is 5. The minimum Gasteiger partial charge on any atom is -0.328 e. The van der Waals surface area contributed by atoms with Gasteiger partial charge in [0.1, 0.15) is 17.7 Å². The summed E-state index contributed by atoms with van der Waals surface area (Å²) in [4.78, 5) is 11.1. The van der Waals surface area contributed by atoms with E-state index in [2.05, 4.69) is 31.3 Å². The molecule has 7 nitrogen and oxygen atoms in total. The van der Waals surface area contributed by atoms with Crippen molar-refractivity contribution >= 4 is 28.8 Å². The highest BCUT2D eigenvalue weighted by Crippen LogP contribution is 2.24. The van der Waals surface area contributed by atoms with Crippen LogP contribution in [0.5, 0.6) is 0 Å². The zero-order chi connectivity index (χ0) is 17.2. The lowest BCUT2D eigenvalue weighted by Gasteiger charge is -2.29. The fourth-order valence-corrected chi connectivity index (χ4v) is 3.27. The molecule has 4 heterocycles. The molecule has 0 amide bonds. The van der Waals surface area contributed by atoms with E-state index < -0.39 is 0 Å². The third-order valence-corrected chi connectivity index (χ3v) is 4.76. The molecule has 8 heteroatoms. The van der Waals surface area contributed by atoms with Gasteiger partial charge >= 0.3 is 0 Å². The van der Waals surface area contributed by atoms with Gasteiger partial charge in [-0.3, -0.25) is 4.90 Å². The maximum atomic E-state index is 6.00. The highest BCUT2D eigenvalue weighted by Gasteiger charge is 2.18. The van der Waals surface area contributed by atoms with Gasteiger partial charge in [-0.1, -0.05) is 11.6 Å². The zero-order valence-corrected chi connectivity index (χ0v) is 14.5. The summed E-state index contributed by atoms with van der Waals surface area (Å²) >= 11 is 5.90. The summed E-state index contributed by atoms with van der Waals surface area (Å²) in [5.41, 5.74) is 8.16. The van der Waals surface area contributed by atoms with Gasteiger partial charge in [-0.15, -0.1) is 0 Å². The smallest absolute Gasteiger partial charge is 0.159 e. The number of pyridine rings is 1. The maximum absolute atomic E-state index is 6.00. The Kier molecular flexibility index (Phi) is 4.52. The van der Waals surface area contributed by atoms with Crippen molar-refractivity contribution in [1.29, 1.82) is 0 Å². The van der Waals surface area contributed by atoms with Crippen molar-refractivity contribution in [3.63, 3.8) is 0 Å². The summed E-state index contributed by atoms with van der Waals surface area (Å²) in [6.07, 6.45) is 7.19. The van der Waals surface area contributed by atoms with Crippen LogP contribution in [0.1, 0.15) is 18.4 Å². The van der Waals surface area contributed by atoms with Gasteiger partial charge < -0.3 is 11.1 Å². The Labute approximate surface area is 150 Å². The van der Waals surface area contributed by atoms with E-state index in [4.69, 9.17) is 17.3 Å². The van der Waals surface area contributed by atoms with Crippen molar-refractivity contribution in [2.24, 2.45) is 5.73 Å². The van der Waals surface area contributed by atoms with E-state index in [0.29, 0.717) is 16.9 Å². The second-order valence-corrected chi connectivity index (χ2v) is 6.78. The van der Waals surface area contributed by atoms with Crippen molar-refractivity contribution in [2.75, 3.05) is 18.4 Å². The van der Waals surface area contributed by atoms with E-state index in [0.717, 1.165) is 43.8 Å². The number of nitrogens with two attached hydrogens (primary N) is 1. The summed E-state index contributed by atoms with van der Waals surface area (Å²) in [5, 5.41) is 8.18. The highest BCUT2D eigenvalue weighted by atomic mass is 35.5. The van der Waals surface area contributed by atoms with E-state index in [1.54, 1.807) is 12.3 Å². The number of hydrogen-bond acceptors (Lipinski definition) is 6. The standard InChI is InChI=1S/C17H20ClN7/c18-13-1-2-15(20-9-13)23-17-16-12(3-8-25(16)22-11-21-17)10-24-6-4-14(19)5-7-24/h1-3,8-9,11,14H,4-7,10,19H2,(H,20,21,22,23). The molecule has 130 valence electrons. The number of likely N-dealkylation sites (tertiary alicyclic amines) is 1. The van der Waals surface area contributed by atoms with Crippen molar-refractivity contribution in [1.82, 2.24) is 24.5 Å². The molecule has 3 N–H and O–H groups in total. The molecule has 1 fully saturated rings. The van der Waals surface area contributed by atoms with E-state index in [9.17, 15) is 0 Å². The normalized spacial score (nSPS) is 16.4. The molecular formula is C17H20ClN7. The van der Waals surface area contributed by atoms with Crippen LogP contribution >= 0.6 is 11.6 Å². The predicted molar refractivity (Wildman–Crippen MR) is 98.0 cm³/mol. The lowest BCUT2D eigenvalue weighted by molar-refractivity contribution is 0.206. The summed E-state index contributed by atoms with van der Waals surface area (Å²) < 4.78 is 1.84. The molecule has 25 heavy (non-hydrogen) atoms. The molecule has 0 spiro atoms. The molecule has 3 aromatic rings. The number of rotatable bonds is 4. The number of hydrogen-bond donors (Lipinski definition) is 2. The lowest BCUT2D eigenvalue weighted by Crippen LogP contribution is -2.39. The molecule has 3 aromatic heterocycles. The number of halogens is 1. The summed E-state index contributed by atoms with van der Waals surface area (Å²) in [6.45, 7) is 2.90. The van der Waals surface area contributed by atoms with Crippen molar-refractivity contribution in [3.8, 4) is 0 Å². The van der Waals surface area contributed by atoms with Gasteiger partial charge in [0.25, 0.3) is 0 Å². The van der Waals surface area contributed by atoms with E-state index in [1.807, 2.05) is 16.8 Å². The SMILES string of the molecule is NC1CCN(Cc2ccn3ncnc(Nc4ccc(Cl)cn4)c23)CC1. The van der Waals surface area contributed by atoms with Crippen LogP contribution in [-0.4, -0.2) is 43.6 Å². The minimum absolute atomic E-state index is 0.332. The second-order valence-electron chi connectivity index (χ2n) is 6.34. The summed E-state index contributed by atoms with van der Waals surface area (Å²) in [5.74, 6) is 1.43. The van der Waals surface area contributed by atoms with Gasteiger partial charge in [0, 0.05) is 25.0 Å². The van der Waals surface area contributed by atoms with Crippen LogP contribution in [0.15, 0.2) is 36.9 Å². The Balaban J connectivity index is 1.61. The average Bonchev–Trinajstić information content (AvgIpc) is 3.03. The van der Waals surface area contributed by atoms with Crippen LogP contribution in [0.4, 0.5) is 11.6 Å². The number of piperidine rings is 1. The highest BCUT2D eigenvalue weighted by molar-refractivity contribution is 6.30. The third-order valence-electron chi connectivity index (χ3n) is 4.54. The maximum Gasteiger partial charge on any atom is 0.159 e. The molecular weight excluding hydrogens is 338 g/mol. The van der Waals surface area contributed by atoms with Gasteiger partial charge in [-0.05, 0) is 49.7 Å². The van der Waals surface area contributed by atoms with Gasteiger partial charge in [-0.25, -0.2) is 14.5 Å². The zero-order valence-electron chi connectivity index (χ0n) is 13.8. The quantitative estimate of drug-likeness (QED) is 0.746. The first-order chi connectivity index (χ1) is 12.2. The first kappa shape index (κ1) is 16.3. The number of aromatic nitrogens is 4. The first-order valence-corrected chi connectivity index (χ1v) is 8.74. The fraction of sp³-hybridized carbons (Fsp3) is 0.353. The summed E-state index contributed by atoms with van der Waals surface area (Å²) in [7, 11) is 0. The van der Waals surface area contributed by atoms with Crippen LogP contribution in [0.3, 0.4) is 0 Å². The lowest BCUT2D eigenvalue weighted by atomic mass is 10.1. The fourth-order valence-electron chi connectivity index (χ4n) is 3.16. The number of nitrogens with one attached hydrogen (secondary N) is 1. The molecule has 0 saturated carbocycles. The minimum atomic E-state index is 0.332. The molecule has 0 aromatic carbocycles. The van der Waals surface area contributed by atoms with E-state index >= 15 is 0 Å². The molecule has 0 radical (unpaired) electrons. The number of anilines is 2. The molecule has 4 rings (SSSR count). The molecule has 0 unspecified atom stereocenters. The monoisotopic (exact) mass is 357 g/mol. The van der Waals surface area contributed by atoms with E-state index in [1.165, 1.54) is 11.9 Å². The summed E-state index contributed by atoms with van der Waals surface area (Å²) in [6, 6.07) is 6.05.